The summed E-state index contributed by atoms with van der Waals surface area (Å²) in [6, 6.07) is 13.7. The van der Waals surface area contributed by atoms with Gasteiger partial charge in [-0.1, -0.05) is 30.3 Å². The SMILES string of the molecule is CC(C)(Sc1cncnc1-c1ccnc(-c2ccccc2)c1)C(=O)O. The molecule has 0 fully saturated rings. The van der Waals surface area contributed by atoms with Crippen molar-refractivity contribution in [1.82, 2.24) is 15.0 Å². The summed E-state index contributed by atoms with van der Waals surface area (Å²) in [7, 11) is 0. The minimum absolute atomic E-state index is 0.703. The summed E-state index contributed by atoms with van der Waals surface area (Å²) in [5, 5.41) is 9.39. The van der Waals surface area contributed by atoms with Crippen LogP contribution in [0.2, 0.25) is 0 Å². The fraction of sp³-hybridized carbons (Fsp3) is 0.158. The number of carboxylic acid groups (broad SMARTS) is 1. The van der Waals surface area contributed by atoms with Gasteiger partial charge in [0.1, 0.15) is 11.1 Å². The molecule has 3 aromatic rings. The van der Waals surface area contributed by atoms with E-state index in [1.54, 1.807) is 26.2 Å². The van der Waals surface area contributed by atoms with Gasteiger partial charge in [0.05, 0.1) is 16.3 Å². The molecule has 0 amide bonds. The molecule has 126 valence electrons. The number of aromatic nitrogens is 3. The molecule has 0 aliphatic heterocycles. The Balaban J connectivity index is 2.02. The van der Waals surface area contributed by atoms with Crippen molar-refractivity contribution in [3.8, 4) is 22.5 Å². The maximum absolute atomic E-state index is 11.4. The van der Waals surface area contributed by atoms with Crippen LogP contribution in [0.1, 0.15) is 13.8 Å². The summed E-state index contributed by atoms with van der Waals surface area (Å²) in [5.74, 6) is -0.882. The van der Waals surface area contributed by atoms with Crippen LogP contribution in [0.25, 0.3) is 22.5 Å². The molecule has 0 bridgehead atoms. The lowest BCUT2D eigenvalue weighted by Gasteiger charge is -2.19. The number of hydrogen-bond acceptors (Lipinski definition) is 5. The highest BCUT2D eigenvalue weighted by atomic mass is 32.2. The van der Waals surface area contributed by atoms with Crippen LogP contribution in [0.4, 0.5) is 0 Å². The van der Waals surface area contributed by atoms with Gasteiger partial charge in [0.2, 0.25) is 0 Å². The summed E-state index contributed by atoms with van der Waals surface area (Å²) in [5.41, 5.74) is 3.43. The zero-order valence-electron chi connectivity index (χ0n) is 13.9. The number of carbonyl (C=O) groups is 1. The molecule has 2 heterocycles. The number of rotatable bonds is 5. The minimum atomic E-state index is -0.977. The number of carboxylic acids is 1. The van der Waals surface area contributed by atoms with E-state index in [0.717, 1.165) is 21.7 Å². The van der Waals surface area contributed by atoms with E-state index in [0.29, 0.717) is 5.69 Å². The second-order valence-electron chi connectivity index (χ2n) is 5.95. The van der Waals surface area contributed by atoms with Crippen molar-refractivity contribution in [3.05, 3.63) is 61.2 Å². The largest absolute Gasteiger partial charge is 0.480 e. The van der Waals surface area contributed by atoms with Crippen LogP contribution in [-0.2, 0) is 4.79 Å². The second kappa shape index (κ2) is 7.03. The Bertz CT molecular complexity index is 898. The monoisotopic (exact) mass is 351 g/mol. The van der Waals surface area contributed by atoms with Gasteiger partial charge in [0.25, 0.3) is 0 Å². The van der Waals surface area contributed by atoms with Crippen LogP contribution < -0.4 is 0 Å². The predicted octanol–water partition coefficient (Wildman–Crippen LogP) is 4.16. The van der Waals surface area contributed by atoms with Crippen molar-refractivity contribution in [2.45, 2.75) is 23.5 Å². The molecule has 2 aromatic heterocycles. The second-order valence-corrected chi connectivity index (χ2v) is 7.61. The van der Waals surface area contributed by atoms with Gasteiger partial charge in [-0.2, -0.15) is 0 Å². The van der Waals surface area contributed by atoms with Crippen molar-refractivity contribution >= 4 is 17.7 Å². The third kappa shape index (κ3) is 3.85. The molecule has 0 aliphatic carbocycles. The Morgan fingerprint density at radius 1 is 1.08 bits per heavy atom. The molecule has 6 heteroatoms. The zero-order valence-corrected chi connectivity index (χ0v) is 14.7. The summed E-state index contributed by atoms with van der Waals surface area (Å²) in [4.78, 5) is 25.0. The van der Waals surface area contributed by atoms with Crippen molar-refractivity contribution in [2.24, 2.45) is 0 Å². The molecule has 0 saturated carbocycles. The van der Waals surface area contributed by atoms with Gasteiger partial charge < -0.3 is 5.11 Å². The number of hydrogen-bond donors (Lipinski definition) is 1. The molecule has 25 heavy (non-hydrogen) atoms. The van der Waals surface area contributed by atoms with Crippen molar-refractivity contribution in [1.29, 1.82) is 0 Å². The summed E-state index contributed by atoms with van der Waals surface area (Å²) >= 11 is 1.23. The molecule has 1 N–H and O–H groups in total. The molecule has 0 saturated heterocycles. The molecule has 1 aromatic carbocycles. The maximum Gasteiger partial charge on any atom is 0.319 e. The molecule has 0 unspecified atom stereocenters. The molecule has 3 rings (SSSR count). The van der Waals surface area contributed by atoms with Crippen molar-refractivity contribution in [2.75, 3.05) is 0 Å². The summed E-state index contributed by atoms with van der Waals surface area (Å²) < 4.78 is -0.977. The normalized spacial score (nSPS) is 11.3. The first-order chi connectivity index (χ1) is 12.0. The van der Waals surface area contributed by atoms with Gasteiger partial charge in [0.15, 0.2) is 0 Å². The molecule has 5 nitrogen and oxygen atoms in total. The number of aliphatic carboxylic acids is 1. The predicted molar refractivity (Wildman–Crippen MR) is 98.3 cm³/mol. The fourth-order valence-corrected chi connectivity index (χ4v) is 3.29. The van der Waals surface area contributed by atoms with Gasteiger partial charge in [-0.25, -0.2) is 9.97 Å². The first-order valence-electron chi connectivity index (χ1n) is 7.71. The topological polar surface area (TPSA) is 76.0 Å². The fourth-order valence-electron chi connectivity index (χ4n) is 2.27. The standard InChI is InChI=1S/C19H17N3O2S/c1-19(2,18(23)24)25-16-11-20-12-22-17(16)14-8-9-21-15(10-14)13-6-4-3-5-7-13/h3-12H,1-2H3,(H,23,24). The van der Waals surface area contributed by atoms with E-state index in [1.165, 1.54) is 18.1 Å². The van der Waals surface area contributed by atoms with Gasteiger partial charge >= 0.3 is 5.97 Å². The molecule has 0 radical (unpaired) electrons. The van der Waals surface area contributed by atoms with Crippen LogP contribution in [0.15, 0.2) is 66.1 Å². The highest BCUT2D eigenvalue weighted by molar-refractivity contribution is 8.01. The Morgan fingerprint density at radius 2 is 1.84 bits per heavy atom. The maximum atomic E-state index is 11.4. The molecular weight excluding hydrogens is 334 g/mol. The van der Waals surface area contributed by atoms with E-state index >= 15 is 0 Å². The zero-order chi connectivity index (χ0) is 17.9. The van der Waals surface area contributed by atoms with E-state index in [9.17, 15) is 9.90 Å². The summed E-state index contributed by atoms with van der Waals surface area (Å²) in [6.07, 6.45) is 4.85. The van der Waals surface area contributed by atoms with Crippen LogP contribution in [0.5, 0.6) is 0 Å². The Labute approximate surface area is 150 Å². The molecular formula is C19H17N3O2S. The lowest BCUT2D eigenvalue weighted by molar-refractivity contribution is -0.138. The minimum Gasteiger partial charge on any atom is -0.480 e. The lowest BCUT2D eigenvalue weighted by atomic mass is 10.1. The molecule has 0 aliphatic rings. The van der Waals surface area contributed by atoms with Crippen LogP contribution in [0.3, 0.4) is 0 Å². The number of nitrogens with zero attached hydrogens (tertiary/aromatic N) is 3. The van der Waals surface area contributed by atoms with E-state index in [2.05, 4.69) is 15.0 Å². The summed E-state index contributed by atoms with van der Waals surface area (Å²) in [6.45, 7) is 3.33. The van der Waals surface area contributed by atoms with E-state index < -0.39 is 10.7 Å². The van der Waals surface area contributed by atoms with E-state index in [-0.39, 0.29) is 0 Å². The van der Waals surface area contributed by atoms with Gasteiger partial charge in [-0.15, -0.1) is 11.8 Å². The lowest BCUT2D eigenvalue weighted by Crippen LogP contribution is -2.27. The number of pyridine rings is 1. The first kappa shape index (κ1) is 17.1. The first-order valence-corrected chi connectivity index (χ1v) is 8.53. The Morgan fingerprint density at radius 3 is 2.56 bits per heavy atom. The van der Waals surface area contributed by atoms with Crippen LogP contribution in [-0.4, -0.2) is 30.8 Å². The third-order valence-corrected chi connectivity index (χ3v) is 4.87. The van der Waals surface area contributed by atoms with Gasteiger partial charge in [-0.05, 0) is 26.0 Å². The highest BCUT2D eigenvalue weighted by Crippen LogP contribution is 2.37. The van der Waals surface area contributed by atoms with Crippen LogP contribution >= 0.6 is 11.8 Å². The highest BCUT2D eigenvalue weighted by Gasteiger charge is 2.30. The van der Waals surface area contributed by atoms with Crippen molar-refractivity contribution < 1.29 is 9.90 Å². The average Bonchev–Trinajstić information content (AvgIpc) is 2.62. The van der Waals surface area contributed by atoms with E-state index in [1.807, 2.05) is 42.5 Å². The number of benzene rings is 1. The number of thioether (sulfide) groups is 1. The van der Waals surface area contributed by atoms with Crippen LogP contribution in [0, 0.1) is 0 Å². The van der Waals surface area contributed by atoms with Crippen molar-refractivity contribution in [3.63, 3.8) is 0 Å². The third-order valence-electron chi connectivity index (χ3n) is 3.66. The molecule has 0 spiro atoms. The molecule has 0 atom stereocenters. The average molecular weight is 351 g/mol. The Hall–Kier alpha value is -2.73. The van der Waals surface area contributed by atoms with E-state index in [4.69, 9.17) is 0 Å². The van der Waals surface area contributed by atoms with Gasteiger partial charge in [0, 0.05) is 23.5 Å². The van der Waals surface area contributed by atoms with Gasteiger partial charge in [-0.3, -0.25) is 9.78 Å². The smallest absolute Gasteiger partial charge is 0.319 e. The Kier molecular flexibility index (Phi) is 4.81. The quantitative estimate of drug-likeness (QED) is 0.696.